The monoisotopic (exact) mass is 252 g/mol. The summed E-state index contributed by atoms with van der Waals surface area (Å²) in [5, 5.41) is 4.63. The second-order valence-electron chi connectivity index (χ2n) is 3.78. The van der Waals surface area contributed by atoms with E-state index in [0.717, 1.165) is 11.4 Å². The predicted molar refractivity (Wildman–Crippen MR) is 66.4 cm³/mol. The van der Waals surface area contributed by atoms with Gasteiger partial charge in [-0.3, -0.25) is 4.68 Å². The minimum atomic E-state index is 0.333. The second-order valence-corrected chi connectivity index (χ2v) is 4.19. The van der Waals surface area contributed by atoms with Crippen LogP contribution in [0.1, 0.15) is 11.4 Å². The largest absolute Gasteiger partial charge is 0.434 e. The van der Waals surface area contributed by atoms with E-state index in [-0.39, 0.29) is 0 Å². The fourth-order valence-corrected chi connectivity index (χ4v) is 1.73. The van der Waals surface area contributed by atoms with Gasteiger partial charge < -0.3 is 10.5 Å². The molecular weight excluding hydrogens is 240 g/mol. The normalized spacial score (nSPS) is 10.6. The summed E-state index contributed by atoms with van der Waals surface area (Å²) in [5.41, 5.74) is 7.77. The maximum absolute atomic E-state index is 6.00. The molecule has 0 bridgehead atoms. The number of pyridine rings is 1. The van der Waals surface area contributed by atoms with Crippen molar-refractivity contribution in [3.8, 4) is 11.6 Å². The van der Waals surface area contributed by atoms with E-state index >= 15 is 0 Å². The number of aryl methyl sites for hydroxylation is 2. The predicted octanol–water partition coefficient (Wildman–Crippen LogP) is 2.46. The quantitative estimate of drug-likeness (QED) is 0.892. The van der Waals surface area contributed by atoms with Crippen LogP contribution in [0.15, 0.2) is 12.3 Å². The number of aromatic nitrogens is 3. The number of nitrogens with two attached hydrogens (primary N) is 1. The number of ether oxygens (including phenoxy) is 1. The van der Waals surface area contributed by atoms with Crippen molar-refractivity contribution in [3.05, 3.63) is 28.7 Å². The van der Waals surface area contributed by atoms with Crippen molar-refractivity contribution in [3.63, 3.8) is 0 Å². The van der Waals surface area contributed by atoms with Crippen molar-refractivity contribution in [2.24, 2.45) is 7.05 Å². The van der Waals surface area contributed by atoms with Crippen LogP contribution >= 0.6 is 11.6 Å². The highest BCUT2D eigenvalue weighted by molar-refractivity contribution is 6.32. The van der Waals surface area contributed by atoms with Gasteiger partial charge in [0.1, 0.15) is 10.7 Å². The van der Waals surface area contributed by atoms with Crippen molar-refractivity contribution in [1.29, 1.82) is 0 Å². The highest BCUT2D eigenvalue weighted by Crippen LogP contribution is 2.31. The maximum atomic E-state index is 6.00. The topological polar surface area (TPSA) is 66.0 Å². The molecule has 0 aliphatic carbocycles. The minimum absolute atomic E-state index is 0.333. The number of halogens is 1. The fraction of sp³-hybridized carbons (Fsp3) is 0.273. The summed E-state index contributed by atoms with van der Waals surface area (Å²) < 4.78 is 7.41. The lowest BCUT2D eigenvalue weighted by Gasteiger charge is -2.06. The third-order valence-corrected chi connectivity index (χ3v) is 2.74. The number of anilines is 1. The average molecular weight is 253 g/mol. The molecule has 2 rings (SSSR count). The molecule has 2 N–H and O–H groups in total. The van der Waals surface area contributed by atoms with E-state index in [2.05, 4.69) is 10.1 Å². The number of nitrogens with zero attached hydrogens (tertiary/aromatic N) is 3. The zero-order valence-electron chi connectivity index (χ0n) is 9.86. The van der Waals surface area contributed by atoms with Crippen molar-refractivity contribution in [2.75, 3.05) is 5.73 Å². The van der Waals surface area contributed by atoms with E-state index < -0.39 is 0 Å². The first-order chi connectivity index (χ1) is 7.99. The Morgan fingerprint density at radius 3 is 2.65 bits per heavy atom. The zero-order valence-corrected chi connectivity index (χ0v) is 10.6. The Labute approximate surface area is 104 Å². The second kappa shape index (κ2) is 4.25. The summed E-state index contributed by atoms with van der Waals surface area (Å²) >= 11 is 6.00. The molecule has 0 spiro atoms. The molecule has 0 saturated heterocycles. The molecule has 0 amide bonds. The van der Waals surface area contributed by atoms with E-state index in [1.807, 2.05) is 20.9 Å². The molecule has 0 fully saturated rings. The Morgan fingerprint density at radius 1 is 1.41 bits per heavy atom. The number of rotatable bonds is 2. The van der Waals surface area contributed by atoms with Crippen LogP contribution in [0, 0.1) is 13.8 Å². The number of hydrogen-bond donors (Lipinski definition) is 1. The first-order valence-electron chi connectivity index (χ1n) is 5.08. The van der Waals surface area contributed by atoms with Gasteiger partial charge in [-0.15, -0.1) is 0 Å². The Kier molecular flexibility index (Phi) is 2.93. The summed E-state index contributed by atoms with van der Waals surface area (Å²) in [6, 6.07) is 1.60. The molecule has 2 aromatic heterocycles. The summed E-state index contributed by atoms with van der Waals surface area (Å²) in [6.07, 6.45) is 1.50. The van der Waals surface area contributed by atoms with Crippen molar-refractivity contribution in [1.82, 2.24) is 14.8 Å². The van der Waals surface area contributed by atoms with Crippen LogP contribution in [-0.4, -0.2) is 14.8 Å². The van der Waals surface area contributed by atoms with Crippen LogP contribution in [0.2, 0.25) is 5.02 Å². The van der Waals surface area contributed by atoms with Crippen LogP contribution < -0.4 is 10.5 Å². The molecule has 0 atom stereocenters. The van der Waals surface area contributed by atoms with Crippen LogP contribution in [0.4, 0.5) is 5.69 Å². The van der Waals surface area contributed by atoms with Crippen LogP contribution in [-0.2, 0) is 7.05 Å². The van der Waals surface area contributed by atoms with Gasteiger partial charge in [-0.2, -0.15) is 5.10 Å². The lowest BCUT2D eigenvalue weighted by molar-refractivity contribution is 0.455. The van der Waals surface area contributed by atoms with E-state index in [1.54, 1.807) is 10.7 Å². The first kappa shape index (κ1) is 11.7. The van der Waals surface area contributed by atoms with E-state index in [1.165, 1.54) is 6.20 Å². The Hall–Kier alpha value is -1.75. The molecular formula is C11H13ClN4O. The average Bonchev–Trinajstić information content (AvgIpc) is 2.48. The third kappa shape index (κ3) is 2.19. The molecule has 0 saturated carbocycles. The van der Waals surface area contributed by atoms with Gasteiger partial charge in [0.25, 0.3) is 0 Å². The highest BCUT2D eigenvalue weighted by atomic mass is 35.5. The van der Waals surface area contributed by atoms with Gasteiger partial charge in [0.2, 0.25) is 5.88 Å². The molecule has 0 aliphatic heterocycles. The van der Waals surface area contributed by atoms with Gasteiger partial charge in [-0.25, -0.2) is 4.98 Å². The van der Waals surface area contributed by atoms with Gasteiger partial charge in [-0.05, 0) is 19.9 Å². The van der Waals surface area contributed by atoms with Gasteiger partial charge in [0.05, 0.1) is 17.6 Å². The minimum Gasteiger partial charge on any atom is -0.434 e. The van der Waals surface area contributed by atoms with Crippen molar-refractivity contribution < 1.29 is 4.74 Å². The Balaban J connectivity index is 2.38. The number of hydrogen-bond acceptors (Lipinski definition) is 4. The van der Waals surface area contributed by atoms with Crippen LogP contribution in [0.5, 0.6) is 11.6 Å². The molecule has 6 heteroatoms. The highest BCUT2D eigenvalue weighted by Gasteiger charge is 2.14. The molecule has 2 heterocycles. The summed E-state index contributed by atoms with van der Waals surface area (Å²) in [4.78, 5) is 4.05. The lowest BCUT2D eigenvalue weighted by Crippen LogP contribution is -1.95. The van der Waals surface area contributed by atoms with Gasteiger partial charge in [0, 0.05) is 7.05 Å². The first-order valence-corrected chi connectivity index (χ1v) is 5.46. The van der Waals surface area contributed by atoms with E-state index in [9.17, 15) is 0 Å². The van der Waals surface area contributed by atoms with Crippen LogP contribution in [0.25, 0.3) is 0 Å². The Bertz CT molecular complexity index is 565. The zero-order chi connectivity index (χ0) is 12.6. The molecule has 0 aromatic carbocycles. The molecule has 0 radical (unpaired) electrons. The lowest BCUT2D eigenvalue weighted by atomic mass is 10.3. The van der Waals surface area contributed by atoms with Gasteiger partial charge in [-0.1, -0.05) is 11.6 Å². The summed E-state index contributed by atoms with van der Waals surface area (Å²) in [5.74, 6) is 1.01. The number of nitrogen functional groups attached to an aromatic ring is 1. The molecule has 2 aromatic rings. The van der Waals surface area contributed by atoms with E-state index in [4.69, 9.17) is 22.1 Å². The van der Waals surface area contributed by atoms with Crippen LogP contribution in [0.3, 0.4) is 0 Å². The van der Waals surface area contributed by atoms with Gasteiger partial charge >= 0.3 is 0 Å². The molecule has 90 valence electrons. The molecule has 5 nitrogen and oxygen atoms in total. The summed E-state index contributed by atoms with van der Waals surface area (Å²) in [7, 11) is 1.85. The smallest absolute Gasteiger partial charge is 0.238 e. The molecule has 17 heavy (non-hydrogen) atoms. The van der Waals surface area contributed by atoms with Gasteiger partial charge in [0.15, 0.2) is 5.75 Å². The standard InChI is InChI=1S/C11H13ClN4O/c1-6-10(7(2)16(3)15-6)17-11-9(12)4-8(13)5-14-11/h4-5H,13H2,1-3H3. The SMILES string of the molecule is Cc1nn(C)c(C)c1Oc1ncc(N)cc1Cl. The Morgan fingerprint density at radius 2 is 2.12 bits per heavy atom. The molecule has 0 unspecified atom stereocenters. The van der Waals surface area contributed by atoms with E-state index in [0.29, 0.717) is 22.3 Å². The maximum Gasteiger partial charge on any atom is 0.238 e. The van der Waals surface area contributed by atoms with Crippen molar-refractivity contribution >= 4 is 17.3 Å². The summed E-state index contributed by atoms with van der Waals surface area (Å²) in [6.45, 7) is 3.79. The fourth-order valence-electron chi connectivity index (χ4n) is 1.51. The van der Waals surface area contributed by atoms with Crippen molar-refractivity contribution in [2.45, 2.75) is 13.8 Å². The molecule has 0 aliphatic rings. The third-order valence-electron chi connectivity index (χ3n) is 2.47.